The number of amides is 1. The topological polar surface area (TPSA) is 59.0 Å². The van der Waals surface area contributed by atoms with Gasteiger partial charge < -0.3 is 4.74 Å². The van der Waals surface area contributed by atoms with Crippen molar-refractivity contribution in [2.75, 3.05) is 13.7 Å². The molecule has 0 aromatic carbocycles. The number of hydrogen-bond acceptors (Lipinski definition) is 4. The van der Waals surface area contributed by atoms with Gasteiger partial charge in [-0.3, -0.25) is 9.59 Å². The van der Waals surface area contributed by atoms with Gasteiger partial charge >= 0.3 is 5.97 Å². The Balaban J connectivity index is 2.19. The van der Waals surface area contributed by atoms with Crippen molar-refractivity contribution in [2.24, 2.45) is 5.10 Å². The van der Waals surface area contributed by atoms with Gasteiger partial charge in [0, 0.05) is 19.2 Å². The van der Waals surface area contributed by atoms with Crippen molar-refractivity contribution in [3.63, 3.8) is 0 Å². The van der Waals surface area contributed by atoms with Gasteiger partial charge in [0.25, 0.3) is 0 Å². The van der Waals surface area contributed by atoms with E-state index in [0.29, 0.717) is 32.3 Å². The van der Waals surface area contributed by atoms with Crippen LogP contribution in [0.15, 0.2) is 5.10 Å². The monoisotopic (exact) mass is 212 g/mol. The third-order valence-corrected chi connectivity index (χ3v) is 2.16. The number of ether oxygens (including phenoxy) is 1. The average molecular weight is 212 g/mol. The molecule has 1 heterocycles. The summed E-state index contributed by atoms with van der Waals surface area (Å²) >= 11 is 0. The number of nitrogens with zero attached hydrogens (tertiary/aromatic N) is 2. The van der Waals surface area contributed by atoms with E-state index in [1.807, 2.05) is 0 Å². The average Bonchev–Trinajstić information content (AvgIpc) is 2.46. The number of hydrazone groups is 1. The van der Waals surface area contributed by atoms with Crippen LogP contribution >= 0.6 is 0 Å². The molecule has 1 aliphatic heterocycles. The Morgan fingerprint density at radius 3 is 2.87 bits per heavy atom. The Labute approximate surface area is 89.1 Å². The third-order valence-electron chi connectivity index (χ3n) is 2.16. The smallest absolute Gasteiger partial charge is 0.305 e. The second kappa shape index (κ2) is 5.48. The molecule has 0 aromatic rings. The van der Waals surface area contributed by atoms with E-state index in [4.69, 9.17) is 4.74 Å². The molecule has 0 bridgehead atoms. The van der Waals surface area contributed by atoms with Crippen LogP contribution in [-0.4, -0.2) is 36.3 Å². The molecule has 0 saturated heterocycles. The van der Waals surface area contributed by atoms with Gasteiger partial charge in [0.1, 0.15) is 0 Å². The lowest BCUT2D eigenvalue weighted by molar-refractivity contribution is -0.143. The van der Waals surface area contributed by atoms with E-state index < -0.39 is 0 Å². The summed E-state index contributed by atoms with van der Waals surface area (Å²) < 4.78 is 4.79. The lowest BCUT2D eigenvalue weighted by Gasteiger charge is -2.00. The van der Waals surface area contributed by atoms with Gasteiger partial charge in [0.05, 0.1) is 13.0 Å². The molecule has 0 aliphatic carbocycles. The number of carbonyl (C=O) groups is 2. The standard InChI is InChI=1S/C10H16N2O3/c1-3-15-10(14)6-4-5-8-7-9(13)12(2)11-8/h3-7H2,1-2H3. The summed E-state index contributed by atoms with van der Waals surface area (Å²) in [5.74, 6) is -0.170. The Hall–Kier alpha value is -1.39. The number of carbonyl (C=O) groups excluding carboxylic acids is 2. The van der Waals surface area contributed by atoms with Gasteiger partial charge in [-0.1, -0.05) is 0 Å². The largest absolute Gasteiger partial charge is 0.466 e. The molecular formula is C10H16N2O3. The first-order valence-electron chi connectivity index (χ1n) is 5.12. The van der Waals surface area contributed by atoms with E-state index >= 15 is 0 Å². The van der Waals surface area contributed by atoms with Crippen LogP contribution in [0.25, 0.3) is 0 Å². The number of hydrogen-bond donors (Lipinski definition) is 0. The summed E-state index contributed by atoms with van der Waals surface area (Å²) in [4.78, 5) is 22.1. The van der Waals surface area contributed by atoms with Gasteiger partial charge in [-0.15, -0.1) is 0 Å². The molecule has 5 nitrogen and oxygen atoms in total. The fourth-order valence-corrected chi connectivity index (χ4v) is 1.40. The molecule has 1 amide bonds. The Morgan fingerprint density at radius 1 is 1.60 bits per heavy atom. The van der Waals surface area contributed by atoms with Crippen molar-refractivity contribution < 1.29 is 14.3 Å². The molecule has 0 fully saturated rings. The molecular weight excluding hydrogens is 196 g/mol. The van der Waals surface area contributed by atoms with Crippen molar-refractivity contribution in [1.82, 2.24) is 5.01 Å². The summed E-state index contributed by atoms with van der Waals surface area (Å²) in [5.41, 5.74) is 0.854. The van der Waals surface area contributed by atoms with Crippen LogP contribution in [0.5, 0.6) is 0 Å². The second-order valence-electron chi connectivity index (χ2n) is 3.42. The molecule has 1 rings (SSSR count). The zero-order valence-electron chi connectivity index (χ0n) is 9.15. The van der Waals surface area contributed by atoms with E-state index in [0.717, 1.165) is 5.71 Å². The highest BCUT2D eigenvalue weighted by atomic mass is 16.5. The summed E-state index contributed by atoms with van der Waals surface area (Å²) in [6, 6.07) is 0. The quantitative estimate of drug-likeness (QED) is 0.637. The number of rotatable bonds is 5. The second-order valence-corrected chi connectivity index (χ2v) is 3.42. The minimum absolute atomic E-state index is 0.0149. The van der Waals surface area contributed by atoms with Gasteiger partial charge in [-0.25, -0.2) is 5.01 Å². The Kier molecular flexibility index (Phi) is 4.27. The fourth-order valence-electron chi connectivity index (χ4n) is 1.40. The van der Waals surface area contributed by atoms with Crippen molar-refractivity contribution in [1.29, 1.82) is 0 Å². The molecule has 15 heavy (non-hydrogen) atoms. The van der Waals surface area contributed by atoms with Crippen LogP contribution in [0.1, 0.15) is 32.6 Å². The lowest BCUT2D eigenvalue weighted by atomic mass is 10.1. The summed E-state index contributed by atoms with van der Waals surface area (Å²) in [6.45, 7) is 2.20. The maximum Gasteiger partial charge on any atom is 0.305 e. The number of esters is 1. The molecule has 84 valence electrons. The van der Waals surface area contributed by atoms with E-state index in [1.165, 1.54) is 5.01 Å². The maximum absolute atomic E-state index is 11.1. The first kappa shape index (κ1) is 11.7. The first-order valence-corrected chi connectivity index (χ1v) is 5.12. The molecule has 0 unspecified atom stereocenters. The molecule has 0 spiro atoms. The molecule has 0 saturated carbocycles. The van der Waals surface area contributed by atoms with Crippen molar-refractivity contribution >= 4 is 17.6 Å². The summed E-state index contributed by atoms with van der Waals surface area (Å²) in [5, 5.41) is 5.41. The van der Waals surface area contributed by atoms with Gasteiger partial charge in [-0.05, 0) is 19.8 Å². The van der Waals surface area contributed by atoms with Crippen LogP contribution in [0.2, 0.25) is 0 Å². The van der Waals surface area contributed by atoms with Crippen LogP contribution in [0, 0.1) is 0 Å². The normalized spacial score (nSPS) is 15.5. The maximum atomic E-state index is 11.1. The van der Waals surface area contributed by atoms with Gasteiger partial charge in [0.15, 0.2) is 0 Å². The predicted octanol–water partition coefficient (Wildman–Crippen LogP) is 0.938. The summed E-state index contributed by atoms with van der Waals surface area (Å²) in [7, 11) is 1.64. The third kappa shape index (κ3) is 3.69. The molecule has 0 radical (unpaired) electrons. The van der Waals surface area contributed by atoms with Crippen LogP contribution < -0.4 is 0 Å². The van der Waals surface area contributed by atoms with Crippen molar-refractivity contribution in [2.45, 2.75) is 32.6 Å². The zero-order valence-corrected chi connectivity index (χ0v) is 9.15. The first-order chi connectivity index (χ1) is 7.13. The zero-order chi connectivity index (χ0) is 11.3. The fraction of sp³-hybridized carbons (Fsp3) is 0.700. The van der Waals surface area contributed by atoms with Crippen LogP contribution in [-0.2, 0) is 14.3 Å². The van der Waals surface area contributed by atoms with E-state index in [-0.39, 0.29) is 11.9 Å². The van der Waals surface area contributed by atoms with E-state index in [2.05, 4.69) is 5.10 Å². The molecule has 0 atom stereocenters. The van der Waals surface area contributed by atoms with Crippen LogP contribution in [0.3, 0.4) is 0 Å². The van der Waals surface area contributed by atoms with E-state index in [1.54, 1.807) is 14.0 Å². The molecule has 5 heteroatoms. The highest BCUT2D eigenvalue weighted by Gasteiger charge is 2.19. The lowest BCUT2D eigenvalue weighted by Crippen LogP contribution is -2.14. The predicted molar refractivity (Wildman–Crippen MR) is 55.3 cm³/mol. The Bertz CT molecular complexity index is 286. The highest BCUT2D eigenvalue weighted by Crippen LogP contribution is 2.11. The van der Waals surface area contributed by atoms with Crippen molar-refractivity contribution in [3.05, 3.63) is 0 Å². The Morgan fingerprint density at radius 2 is 2.33 bits per heavy atom. The SMILES string of the molecule is CCOC(=O)CCCC1=NN(C)C(=O)C1. The molecule has 1 aliphatic rings. The van der Waals surface area contributed by atoms with E-state index in [9.17, 15) is 9.59 Å². The highest BCUT2D eigenvalue weighted by molar-refractivity contribution is 6.04. The van der Waals surface area contributed by atoms with Gasteiger partial charge in [-0.2, -0.15) is 5.10 Å². The molecule has 0 aromatic heterocycles. The molecule has 0 N–H and O–H groups in total. The van der Waals surface area contributed by atoms with Gasteiger partial charge in [0.2, 0.25) is 5.91 Å². The summed E-state index contributed by atoms with van der Waals surface area (Å²) in [6.07, 6.45) is 2.16. The minimum Gasteiger partial charge on any atom is -0.466 e. The van der Waals surface area contributed by atoms with Crippen LogP contribution in [0.4, 0.5) is 0 Å². The van der Waals surface area contributed by atoms with Crippen molar-refractivity contribution in [3.8, 4) is 0 Å². The minimum atomic E-state index is -0.184.